The monoisotopic (exact) mass is 438 g/mol. The Kier molecular flexibility index (Phi) is 3.93. The molecule has 0 aliphatic carbocycles. The minimum absolute atomic E-state index is 0.150. The third kappa shape index (κ3) is 2.68. The number of hydrogen-bond acceptors (Lipinski definition) is 6. The summed E-state index contributed by atoms with van der Waals surface area (Å²) in [5.74, 6) is 1.31. The number of rotatable bonds is 2. The van der Waals surface area contributed by atoms with Crippen LogP contribution in [0.1, 0.15) is 29.3 Å². The quantitative estimate of drug-likeness (QED) is 0.476. The number of pyridine rings is 1. The van der Waals surface area contributed by atoms with Crippen molar-refractivity contribution >= 4 is 27.5 Å². The molecule has 0 spiro atoms. The average molecular weight is 439 g/mol. The normalized spacial score (nSPS) is 16.4. The van der Waals surface area contributed by atoms with Gasteiger partial charge in [0.2, 0.25) is 0 Å². The molecule has 0 aromatic carbocycles. The lowest BCUT2D eigenvalue weighted by molar-refractivity contribution is 0.0632. The van der Waals surface area contributed by atoms with Gasteiger partial charge in [-0.05, 0) is 35.0 Å². The first-order valence-corrected chi connectivity index (χ1v) is 9.57. The van der Waals surface area contributed by atoms with Crippen LogP contribution in [0.15, 0.2) is 47.3 Å². The highest BCUT2D eigenvalue weighted by molar-refractivity contribution is 9.10. The number of fused-ring (bicyclic) bond motifs is 2. The Hall–Kier alpha value is -3.14. The first-order valence-electron chi connectivity index (χ1n) is 8.78. The van der Waals surface area contributed by atoms with Gasteiger partial charge in [0.15, 0.2) is 23.0 Å². The molecule has 0 saturated carbocycles. The van der Waals surface area contributed by atoms with Gasteiger partial charge in [0, 0.05) is 37.7 Å². The number of hydrogen-bond donors (Lipinski definition) is 0. The summed E-state index contributed by atoms with van der Waals surface area (Å²) >= 11 is 3.36. The number of nitrogens with zero attached hydrogens (tertiary/aromatic N) is 8. The van der Waals surface area contributed by atoms with Gasteiger partial charge in [-0.1, -0.05) is 6.07 Å². The largest absolute Gasteiger partial charge is 0.325 e. The van der Waals surface area contributed by atoms with Crippen LogP contribution in [0.5, 0.6) is 0 Å². The van der Waals surface area contributed by atoms with Crippen molar-refractivity contribution in [3.8, 4) is 11.5 Å². The Morgan fingerprint density at radius 1 is 1.21 bits per heavy atom. The maximum Gasteiger partial charge on any atom is 0.275 e. The van der Waals surface area contributed by atoms with Gasteiger partial charge in [-0.2, -0.15) is 5.10 Å². The molecule has 0 fully saturated rings. The molecule has 1 aliphatic rings. The molecule has 5 heterocycles. The van der Waals surface area contributed by atoms with Gasteiger partial charge in [0.1, 0.15) is 5.69 Å². The number of halogens is 1. The van der Waals surface area contributed by atoms with Crippen molar-refractivity contribution in [3.63, 3.8) is 0 Å². The van der Waals surface area contributed by atoms with Gasteiger partial charge in [0.05, 0.1) is 10.5 Å². The van der Waals surface area contributed by atoms with Gasteiger partial charge in [-0.25, -0.2) is 9.50 Å². The van der Waals surface area contributed by atoms with Crippen LogP contribution >= 0.6 is 15.9 Å². The molecule has 0 bridgehead atoms. The first kappa shape index (κ1) is 17.0. The van der Waals surface area contributed by atoms with E-state index in [0.717, 1.165) is 21.8 Å². The Morgan fingerprint density at radius 2 is 2.11 bits per heavy atom. The van der Waals surface area contributed by atoms with E-state index in [1.54, 1.807) is 34.1 Å². The summed E-state index contributed by atoms with van der Waals surface area (Å²) in [6.45, 7) is 3.09. The summed E-state index contributed by atoms with van der Waals surface area (Å²) in [5.41, 5.74) is 1.75. The second-order valence-electron chi connectivity index (χ2n) is 6.53. The topological polar surface area (TPSA) is 94.1 Å². The maximum absolute atomic E-state index is 13.1. The number of carbonyl (C=O) groups is 1. The molecule has 0 saturated heterocycles. The van der Waals surface area contributed by atoms with Gasteiger partial charge in [-0.15, -0.1) is 10.2 Å². The molecule has 28 heavy (non-hydrogen) atoms. The molecule has 1 unspecified atom stereocenters. The van der Waals surface area contributed by atoms with Gasteiger partial charge >= 0.3 is 0 Å². The van der Waals surface area contributed by atoms with Crippen LogP contribution in [0.3, 0.4) is 0 Å². The number of carbonyl (C=O) groups excluding carboxylic acids is 1. The van der Waals surface area contributed by atoms with Gasteiger partial charge in [0.25, 0.3) is 5.91 Å². The summed E-state index contributed by atoms with van der Waals surface area (Å²) in [7, 11) is 0. The fraction of sp³-hybridized carbons (Fsp3) is 0.222. The maximum atomic E-state index is 13.1. The van der Waals surface area contributed by atoms with E-state index in [4.69, 9.17) is 0 Å². The number of amides is 1. The summed E-state index contributed by atoms with van der Waals surface area (Å²) in [6, 6.07) is 7.15. The van der Waals surface area contributed by atoms with Crippen LogP contribution in [-0.2, 0) is 6.54 Å². The minimum Gasteiger partial charge on any atom is -0.325 e. The second kappa shape index (κ2) is 6.48. The van der Waals surface area contributed by atoms with E-state index in [2.05, 4.69) is 41.2 Å². The molecule has 9 nitrogen and oxygen atoms in total. The molecule has 1 atom stereocenters. The van der Waals surface area contributed by atoms with Crippen LogP contribution < -0.4 is 0 Å². The standard InChI is InChI=1S/C18H15BrN8O/c1-11-16-22-23-17(13-4-2-3-5-20-13)26(16)7-6-25(11)18(28)14-8-15-21-9-12(19)10-27(15)24-14/h2-5,8-11H,6-7H2,1H3. The highest BCUT2D eigenvalue weighted by atomic mass is 79.9. The van der Waals surface area contributed by atoms with E-state index in [1.165, 1.54) is 0 Å². The molecule has 0 radical (unpaired) electrons. The Balaban J connectivity index is 1.46. The average Bonchev–Trinajstić information content (AvgIpc) is 3.32. The summed E-state index contributed by atoms with van der Waals surface area (Å²) in [5, 5.41) is 13.0. The van der Waals surface area contributed by atoms with Gasteiger partial charge in [-0.3, -0.25) is 9.78 Å². The molecule has 5 rings (SSSR count). The van der Waals surface area contributed by atoms with Crippen LogP contribution in [-0.4, -0.2) is 51.7 Å². The van der Waals surface area contributed by atoms with E-state index in [9.17, 15) is 4.79 Å². The van der Waals surface area contributed by atoms with Crippen LogP contribution in [0.4, 0.5) is 0 Å². The Morgan fingerprint density at radius 3 is 2.93 bits per heavy atom. The molecule has 140 valence electrons. The van der Waals surface area contributed by atoms with Crippen molar-refractivity contribution in [3.05, 3.63) is 58.8 Å². The molecular weight excluding hydrogens is 424 g/mol. The first-order chi connectivity index (χ1) is 13.6. The zero-order valence-electron chi connectivity index (χ0n) is 14.9. The Labute approximate surface area is 168 Å². The van der Waals surface area contributed by atoms with Crippen molar-refractivity contribution in [1.29, 1.82) is 0 Å². The highest BCUT2D eigenvalue weighted by Gasteiger charge is 2.33. The second-order valence-corrected chi connectivity index (χ2v) is 7.44. The van der Waals surface area contributed by atoms with Crippen LogP contribution in [0, 0.1) is 0 Å². The zero-order chi connectivity index (χ0) is 19.3. The zero-order valence-corrected chi connectivity index (χ0v) is 16.5. The van der Waals surface area contributed by atoms with Crippen LogP contribution in [0.25, 0.3) is 17.2 Å². The molecule has 0 N–H and O–H groups in total. The highest BCUT2D eigenvalue weighted by Crippen LogP contribution is 2.28. The summed E-state index contributed by atoms with van der Waals surface area (Å²) < 4.78 is 4.41. The summed E-state index contributed by atoms with van der Waals surface area (Å²) in [6.07, 6.45) is 5.18. The predicted octanol–water partition coefficient (Wildman–Crippen LogP) is 2.36. The van der Waals surface area contributed by atoms with E-state index >= 15 is 0 Å². The van der Waals surface area contributed by atoms with Crippen LogP contribution in [0.2, 0.25) is 0 Å². The van der Waals surface area contributed by atoms with E-state index < -0.39 is 0 Å². The van der Waals surface area contributed by atoms with Crippen molar-refractivity contribution in [1.82, 2.24) is 39.2 Å². The molecule has 4 aromatic rings. The lowest BCUT2D eigenvalue weighted by Crippen LogP contribution is -2.41. The fourth-order valence-electron chi connectivity index (χ4n) is 3.45. The van der Waals surface area contributed by atoms with Gasteiger partial charge < -0.3 is 9.47 Å². The fourth-order valence-corrected chi connectivity index (χ4v) is 3.75. The number of aromatic nitrogens is 7. The lowest BCUT2D eigenvalue weighted by atomic mass is 10.2. The van der Waals surface area contributed by atoms with Crippen molar-refractivity contribution in [2.45, 2.75) is 19.5 Å². The Bertz CT molecular complexity index is 1180. The molecule has 1 amide bonds. The molecule has 4 aromatic heterocycles. The predicted molar refractivity (Wildman–Crippen MR) is 103 cm³/mol. The SMILES string of the molecule is CC1c2nnc(-c3ccccn3)n2CCN1C(=O)c1cc2ncc(Br)cn2n1. The van der Waals surface area contributed by atoms with E-state index in [-0.39, 0.29) is 11.9 Å². The third-order valence-electron chi connectivity index (χ3n) is 4.84. The lowest BCUT2D eigenvalue weighted by Gasteiger charge is -2.33. The van der Waals surface area contributed by atoms with Crippen molar-refractivity contribution in [2.75, 3.05) is 6.54 Å². The van der Waals surface area contributed by atoms with E-state index in [1.807, 2.05) is 29.7 Å². The molecule has 10 heteroatoms. The summed E-state index contributed by atoms with van der Waals surface area (Å²) in [4.78, 5) is 23.5. The van der Waals surface area contributed by atoms with Crippen molar-refractivity contribution < 1.29 is 4.79 Å². The third-order valence-corrected chi connectivity index (χ3v) is 5.25. The van der Waals surface area contributed by atoms with E-state index in [0.29, 0.717) is 24.4 Å². The molecular formula is C18H15BrN8O. The smallest absolute Gasteiger partial charge is 0.275 e. The van der Waals surface area contributed by atoms with Crippen molar-refractivity contribution in [2.24, 2.45) is 0 Å². The molecule has 1 aliphatic heterocycles. The minimum atomic E-state index is -0.226.